The molecule has 0 aliphatic rings. The molecule has 0 aliphatic heterocycles. The van der Waals surface area contributed by atoms with E-state index in [-0.39, 0.29) is 12.6 Å². The van der Waals surface area contributed by atoms with Gasteiger partial charge in [0.05, 0.1) is 13.7 Å². The molecular formula is C15H24O3Si. The Morgan fingerprint density at radius 1 is 1.16 bits per heavy atom. The third-order valence-corrected chi connectivity index (χ3v) is 2.88. The van der Waals surface area contributed by atoms with E-state index in [1.807, 2.05) is 12.2 Å². The number of carbonyl (C=O) groups excluding carboxylic acids is 1. The number of esters is 1. The quantitative estimate of drug-likeness (QED) is 0.236. The number of carbonyl (C=O) groups is 1. The summed E-state index contributed by atoms with van der Waals surface area (Å²) < 4.78 is 9.51. The molecule has 0 aliphatic carbocycles. The van der Waals surface area contributed by atoms with Gasteiger partial charge in [0, 0.05) is 6.42 Å². The van der Waals surface area contributed by atoms with Gasteiger partial charge in [0.25, 0.3) is 0 Å². The number of hydrogen-bond acceptors (Lipinski definition) is 3. The van der Waals surface area contributed by atoms with Crippen LogP contribution in [0.2, 0.25) is 19.6 Å². The molecular weight excluding hydrogens is 256 g/mol. The van der Waals surface area contributed by atoms with Crippen molar-refractivity contribution in [3.8, 4) is 11.5 Å². The van der Waals surface area contributed by atoms with Crippen molar-refractivity contribution in [2.24, 2.45) is 0 Å². The van der Waals surface area contributed by atoms with Gasteiger partial charge in [-0.2, -0.15) is 0 Å². The molecule has 0 radical (unpaired) electrons. The lowest BCUT2D eigenvalue weighted by molar-refractivity contribution is -0.145. The SMILES string of the molecule is COC(=O)COC/C=C\C/C=C\CC#C[Si](C)(C)C. The highest BCUT2D eigenvalue weighted by Crippen LogP contribution is 1.97. The number of ether oxygens (including phenoxy) is 2. The molecule has 0 aromatic carbocycles. The van der Waals surface area contributed by atoms with E-state index in [0.717, 1.165) is 12.8 Å². The molecule has 3 nitrogen and oxygen atoms in total. The fraction of sp³-hybridized carbons (Fsp3) is 0.533. The van der Waals surface area contributed by atoms with E-state index < -0.39 is 8.07 Å². The minimum atomic E-state index is -1.22. The lowest BCUT2D eigenvalue weighted by atomic mass is 10.3. The van der Waals surface area contributed by atoms with Crippen LogP contribution in [0.25, 0.3) is 0 Å². The molecule has 106 valence electrons. The summed E-state index contributed by atoms with van der Waals surface area (Å²) in [5.41, 5.74) is 3.31. The molecule has 0 aromatic rings. The topological polar surface area (TPSA) is 35.5 Å². The number of rotatable bonds is 7. The van der Waals surface area contributed by atoms with Crippen molar-refractivity contribution in [2.45, 2.75) is 32.5 Å². The van der Waals surface area contributed by atoms with Crippen LogP contribution in [0.4, 0.5) is 0 Å². The summed E-state index contributed by atoms with van der Waals surface area (Å²) in [6, 6.07) is 0. The van der Waals surface area contributed by atoms with Crippen molar-refractivity contribution >= 4 is 14.0 Å². The fourth-order valence-corrected chi connectivity index (χ4v) is 1.70. The second-order valence-corrected chi connectivity index (χ2v) is 9.78. The molecule has 0 spiro atoms. The summed E-state index contributed by atoms with van der Waals surface area (Å²) in [6.45, 7) is 7.14. The lowest BCUT2D eigenvalue weighted by Crippen LogP contribution is -2.16. The predicted molar refractivity (Wildman–Crippen MR) is 81.5 cm³/mol. The molecule has 4 heteroatoms. The molecule has 0 bridgehead atoms. The number of allylic oxidation sites excluding steroid dienone is 3. The largest absolute Gasteiger partial charge is 0.467 e. The maximum atomic E-state index is 10.7. The van der Waals surface area contributed by atoms with Crippen LogP contribution in [0, 0.1) is 11.5 Å². The van der Waals surface area contributed by atoms with Gasteiger partial charge in [-0.1, -0.05) is 43.9 Å². The van der Waals surface area contributed by atoms with Crippen LogP contribution >= 0.6 is 0 Å². The zero-order valence-electron chi connectivity index (χ0n) is 12.4. The van der Waals surface area contributed by atoms with Crippen molar-refractivity contribution in [1.29, 1.82) is 0 Å². The van der Waals surface area contributed by atoms with E-state index in [9.17, 15) is 4.79 Å². The van der Waals surface area contributed by atoms with E-state index in [2.05, 4.69) is 48.0 Å². The van der Waals surface area contributed by atoms with Gasteiger partial charge in [0.15, 0.2) is 0 Å². The van der Waals surface area contributed by atoms with Gasteiger partial charge in [-0.25, -0.2) is 4.79 Å². The Bertz CT molecular complexity index is 367. The van der Waals surface area contributed by atoms with E-state index in [4.69, 9.17) is 4.74 Å². The summed E-state index contributed by atoms with van der Waals surface area (Å²) in [7, 11) is 0.121. The first-order valence-corrected chi connectivity index (χ1v) is 9.90. The monoisotopic (exact) mass is 280 g/mol. The van der Waals surface area contributed by atoms with Crippen molar-refractivity contribution in [3.05, 3.63) is 24.3 Å². The van der Waals surface area contributed by atoms with Crippen LogP contribution in [-0.2, 0) is 14.3 Å². The first kappa shape index (κ1) is 17.7. The Morgan fingerprint density at radius 2 is 1.84 bits per heavy atom. The van der Waals surface area contributed by atoms with Crippen LogP contribution in [0.5, 0.6) is 0 Å². The van der Waals surface area contributed by atoms with Crippen LogP contribution < -0.4 is 0 Å². The van der Waals surface area contributed by atoms with Crippen molar-refractivity contribution in [2.75, 3.05) is 20.3 Å². The molecule has 0 saturated carbocycles. The average Bonchev–Trinajstić information content (AvgIpc) is 2.34. The molecule has 0 heterocycles. The molecule has 0 amide bonds. The smallest absolute Gasteiger partial charge is 0.331 e. The molecule has 0 aromatic heterocycles. The number of methoxy groups -OCH3 is 1. The van der Waals surface area contributed by atoms with Gasteiger partial charge in [-0.3, -0.25) is 0 Å². The van der Waals surface area contributed by atoms with E-state index >= 15 is 0 Å². The highest BCUT2D eigenvalue weighted by atomic mass is 28.3. The second-order valence-electron chi connectivity index (χ2n) is 5.03. The minimum absolute atomic E-state index is 0.00294. The van der Waals surface area contributed by atoms with Crippen molar-refractivity contribution in [1.82, 2.24) is 0 Å². The standard InChI is InChI=1S/C15H24O3Si/c1-17-15(16)14-18-12-10-8-6-5-7-9-11-13-19(2,3)4/h5,7-8,10H,6,9,12,14H2,1-4H3/b7-5-,10-8-. The molecule has 0 fully saturated rings. The van der Waals surface area contributed by atoms with E-state index in [0.29, 0.717) is 6.61 Å². The highest BCUT2D eigenvalue weighted by Gasteiger charge is 2.06. The van der Waals surface area contributed by atoms with Crippen LogP contribution in [0.3, 0.4) is 0 Å². The second kappa shape index (κ2) is 10.6. The summed E-state index contributed by atoms with van der Waals surface area (Å²) in [4.78, 5) is 10.7. The predicted octanol–water partition coefficient (Wildman–Crippen LogP) is 2.95. The molecule has 0 saturated heterocycles. The number of hydrogen-bond donors (Lipinski definition) is 0. The first-order chi connectivity index (χ1) is 8.95. The molecule has 0 atom stereocenters. The average molecular weight is 280 g/mol. The Labute approximate surface area is 117 Å². The summed E-state index contributed by atoms with van der Waals surface area (Å²) in [6.07, 6.45) is 9.72. The highest BCUT2D eigenvalue weighted by molar-refractivity contribution is 6.83. The lowest BCUT2D eigenvalue weighted by Gasteiger charge is -2.02. The Balaban J connectivity index is 3.57. The maximum Gasteiger partial charge on any atom is 0.331 e. The molecule has 0 unspecified atom stereocenters. The van der Waals surface area contributed by atoms with Crippen molar-refractivity contribution < 1.29 is 14.3 Å². The van der Waals surface area contributed by atoms with Crippen LogP contribution in [0.15, 0.2) is 24.3 Å². The summed E-state index contributed by atoms with van der Waals surface area (Å²) in [5, 5.41) is 0. The minimum Gasteiger partial charge on any atom is -0.467 e. The molecule has 19 heavy (non-hydrogen) atoms. The van der Waals surface area contributed by atoms with Gasteiger partial charge >= 0.3 is 5.97 Å². The first-order valence-electron chi connectivity index (χ1n) is 6.40. The van der Waals surface area contributed by atoms with Gasteiger partial charge in [0.2, 0.25) is 0 Å². The third kappa shape index (κ3) is 14.6. The van der Waals surface area contributed by atoms with Gasteiger partial charge in [0.1, 0.15) is 14.7 Å². The maximum absolute atomic E-state index is 10.7. The van der Waals surface area contributed by atoms with Gasteiger partial charge in [-0.05, 0) is 6.42 Å². The third-order valence-electron chi connectivity index (χ3n) is 1.95. The summed E-state index contributed by atoms with van der Waals surface area (Å²) in [5.74, 6) is 2.83. The normalized spacial score (nSPS) is 11.6. The van der Waals surface area contributed by atoms with Crippen LogP contribution in [-0.4, -0.2) is 34.4 Å². The van der Waals surface area contributed by atoms with Gasteiger partial charge in [-0.15, -0.1) is 11.5 Å². The van der Waals surface area contributed by atoms with Crippen molar-refractivity contribution in [3.63, 3.8) is 0 Å². The Hall–Kier alpha value is -1.31. The molecule has 0 rings (SSSR count). The zero-order valence-corrected chi connectivity index (χ0v) is 13.4. The fourth-order valence-electron chi connectivity index (χ4n) is 1.07. The zero-order chi connectivity index (χ0) is 14.6. The Morgan fingerprint density at radius 3 is 2.47 bits per heavy atom. The van der Waals surface area contributed by atoms with E-state index in [1.54, 1.807) is 0 Å². The van der Waals surface area contributed by atoms with Gasteiger partial charge < -0.3 is 9.47 Å². The van der Waals surface area contributed by atoms with Crippen LogP contribution in [0.1, 0.15) is 12.8 Å². The van der Waals surface area contributed by atoms with E-state index in [1.165, 1.54) is 7.11 Å². The Kier molecular flexibility index (Phi) is 9.86. The molecule has 0 N–H and O–H groups in total. The summed E-state index contributed by atoms with van der Waals surface area (Å²) >= 11 is 0.